The minimum Gasteiger partial charge on any atom is -0.458 e. The molecule has 1 aliphatic heterocycles. The molecule has 0 aromatic carbocycles. The van der Waals surface area contributed by atoms with Crippen molar-refractivity contribution in [3.05, 3.63) is 12.4 Å². The van der Waals surface area contributed by atoms with E-state index in [1.807, 2.05) is 0 Å². The molecule has 0 unspecified atom stereocenters. The summed E-state index contributed by atoms with van der Waals surface area (Å²) in [6.07, 6.45) is 7.20. The monoisotopic (exact) mass is 278 g/mol. The van der Waals surface area contributed by atoms with Crippen LogP contribution in [0.5, 0.6) is 0 Å². The SMILES string of the molecule is O=C1C[C@H](C(=O)NCCn2ccnn2)C2(CCCC2)O1. The number of nitrogens with one attached hydrogen (secondary N) is 1. The Balaban J connectivity index is 1.57. The van der Waals surface area contributed by atoms with Gasteiger partial charge < -0.3 is 10.1 Å². The average molecular weight is 278 g/mol. The van der Waals surface area contributed by atoms with Gasteiger partial charge >= 0.3 is 5.97 Å². The topological polar surface area (TPSA) is 86.1 Å². The van der Waals surface area contributed by atoms with Crippen LogP contribution in [0, 0.1) is 5.92 Å². The zero-order valence-electron chi connectivity index (χ0n) is 11.2. The standard InChI is InChI=1S/C13H18N4O3/c18-11-9-10(13(20-11)3-1-2-4-13)12(19)14-5-7-17-8-6-15-16-17/h6,8,10H,1-5,7,9H2,(H,14,19)/t10-/m1/s1. The Morgan fingerprint density at radius 2 is 2.30 bits per heavy atom. The highest BCUT2D eigenvalue weighted by Crippen LogP contribution is 2.45. The quantitative estimate of drug-likeness (QED) is 0.799. The van der Waals surface area contributed by atoms with Crippen molar-refractivity contribution in [1.82, 2.24) is 20.3 Å². The number of rotatable bonds is 4. The molecule has 3 rings (SSSR count). The van der Waals surface area contributed by atoms with Gasteiger partial charge in [0.05, 0.1) is 25.1 Å². The third kappa shape index (κ3) is 2.39. The summed E-state index contributed by atoms with van der Waals surface area (Å²) in [6, 6.07) is 0. The van der Waals surface area contributed by atoms with Crippen molar-refractivity contribution in [2.75, 3.05) is 6.54 Å². The normalized spacial score (nSPS) is 24.0. The molecule has 2 heterocycles. The van der Waals surface area contributed by atoms with E-state index in [1.54, 1.807) is 17.1 Å². The Labute approximate surface area is 116 Å². The van der Waals surface area contributed by atoms with Crippen LogP contribution < -0.4 is 5.32 Å². The highest BCUT2D eigenvalue weighted by Gasteiger charge is 2.53. The third-order valence-corrected chi connectivity index (χ3v) is 4.20. The van der Waals surface area contributed by atoms with Crippen LogP contribution in [-0.4, -0.2) is 39.0 Å². The highest BCUT2D eigenvalue weighted by molar-refractivity contribution is 5.87. The number of aromatic nitrogens is 3. The maximum atomic E-state index is 12.3. The molecule has 1 aromatic rings. The van der Waals surface area contributed by atoms with Gasteiger partial charge in [0, 0.05) is 12.7 Å². The van der Waals surface area contributed by atoms with E-state index in [4.69, 9.17) is 4.74 Å². The van der Waals surface area contributed by atoms with E-state index in [9.17, 15) is 9.59 Å². The van der Waals surface area contributed by atoms with Crippen molar-refractivity contribution in [2.45, 2.75) is 44.2 Å². The van der Waals surface area contributed by atoms with Gasteiger partial charge in [-0.05, 0) is 25.7 Å². The Morgan fingerprint density at radius 1 is 1.50 bits per heavy atom. The molecule has 108 valence electrons. The summed E-state index contributed by atoms with van der Waals surface area (Å²) in [5, 5.41) is 10.4. The molecule has 2 aliphatic rings. The largest absolute Gasteiger partial charge is 0.458 e. The van der Waals surface area contributed by atoms with E-state index in [2.05, 4.69) is 15.6 Å². The minimum absolute atomic E-state index is 0.0853. The number of esters is 1. The molecule has 7 nitrogen and oxygen atoms in total. The summed E-state index contributed by atoms with van der Waals surface area (Å²) in [4.78, 5) is 23.8. The van der Waals surface area contributed by atoms with Crippen LogP contribution in [0.3, 0.4) is 0 Å². The van der Waals surface area contributed by atoms with Gasteiger partial charge in [-0.15, -0.1) is 5.10 Å². The first-order valence-electron chi connectivity index (χ1n) is 7.03. The molecule has 1 saturated heterocycles. The Morgan fingerprint density at radius 3 is 3.00 bits per heavy atom. The minimum atomic E-state index is -0.533. The van der Waals surface area contributed by atoms with E-state index in [0.717, 1.165) is 25.7 Å². The van der Waals surface area contributed by atoms with Gasteiger partial charge in [-0.25, -0.2) is 0 Å². The number of hydrogen-bond donors (Lipinski definition) is 1. The van der Waals surface area contributed by atoms with Crippen LogP contribution in [0.25, 0.3) is 0 Å². The second-order valence-electron chi connectivity index (χ2n) is 5.46. The molecule has 1 atom stereocenters. The average Bonchev–Trinajstić information content (AvgIpc) is 3.12. The molecule has 0 bridgehead atoms. The van der Waals surface area contributed by atoms with E-state index >= 15 is 0 Å². The van der Waals surface area contributed by atoms with Crippen LogP contribution in [0.15, 0.2) is 12.4 Å². The Kier molecular flexibility index (Phi) is 3.42. The van der Waals surface area contributed by atoms with Crippen LogP contribution in [0.2, 0.25) is 0 Å². The predicted octanol–water partition coefficient (Wildman–Crippen LogP) is 0.270. The summed E-state index contributed by atoms with van der Waals surface area (Å²) < 4.78 is 7.12. The van der Waals surface area contributed by atoms with Crippen molar-refractivity contribution in [3.63, 3.8) is 0 Å². The molecule has 0 radical (unpaired) electrons. The molecule has 2 fully saturated rings. The molecule has 1 amide bonds. The van der Waals surface area contributed by atoms with Gasteiger partial charge in [0.15, 0.2) is 0 Å². The molecular weight excluding hydrogens is 260 g/mol. The molecule has 1 saturated carbocycles. The molecule has 1 spiro atoms. The van der Waals surface area contributed by atoms with Crippen LogP contribution in [0.1, 0.15) is 32.1 Å². The van der Waals surface area contributed by atoms with Crippen molar-refractivity contribution in [3.8, 4) is 0 Å². The van der Waals surface area contributed by atoms with E-state index in [0.29, 0.717) is 13.1 Å². The molecule has 1 N–H and O–H groups in total. The van der Waals surface area contributed by atoms with Crippen LogP contribution >= 0.6 is 0 Å². The van der Waals surface area contributed by atoms with Crippen molar-refractivity contribution in [1.29, 1.82) is 0 Å². The first-order chi connectivity index (χ1) is 9.70. The molecular formula is C13H18N4O3. The molecule has 1 aromatic heterocycles. The smallest absolute Gasteiger partial charge is 0.307 e. The number of carbonyl (C=O) groups is 2. The highest BCUT2D eigenvalue weighted by atomic mass is 16.6. The van der Waals surface area contributed by atoms with Gasteiger partial charge in [-0.2, -0.15) is 0 Å². The van der Waals surface area contributed by atoms with Crippen molar-refractivity contribution < 1.29 is 14.3 Å². The van der Waals surface area contributed by atoms with Gasteiger partial charge in [0.25, 0.3) is 0 Å². The predicted molar refractivity (Wildman–Crippen MR) is 68.4 cm³/mol. The fourth-order valence-electron chi connectivity index (χ4n) is 3.22. The number of hydrogen-bond acceptors (Lipinski definition) is 5. The summed E-state index contributed by atoms with van der Waals surface area (Å²) in [5.74, 6) is -0.672. The third-order valence-electron chi connectivity index (χ3n) is 4.20. The van der Waals surface area contributed by atoms with Crippen LogP contribution in [-0.2, 0) is 20.9 Å². The summed E-state index contributed by atoms with van der Waals surface area (Å²) >= 11 is 0. The van der Waals surface area contributed by atoms with Gasteiger partial charge in [0.1, 0.15) is 5.60 Å². The lowest BCUT2D eigenvalue weighted by Crippen LogP contribution is -2.43. The van der Waals surface area contributed by atoms with E-state index in [1.165, 1.54) is 0 Å². The van der Waals surface area contributed by atoms with Crippen molar-refractivity contribution in [2.24, 2.45) is 5.92 Å². The Hall–Kier alpha value is -1.92. The second-order valence-corrected chi connectivity index (χ2v) is 5.46. The summed E-state index contributed by atoms with van der Waals surface area (Å²) in [7, 11) is 0. The second kappa shape index (κ2) is 5.22. The van der Waals surface area contributed by atoms with E-state index in [-0.39, 0.29) is 24.2 Å². The molecule has 20 heavy (non-hydrogen) atoms. The molecule has 7 heteroatoms. The summed E-state index contributed by atoms with van der Waals surface area (Å²) in [6.45, 7) is 1.04. The van der Waals surface area contributed by atoms with Crippen molar-refractivity contribution >= 4 is 11.9 Å². The Bertz CT molecular complexity index is 494. The van der Waals surface area contributed by atoms with E-state index < -0.39 is 5.60 Å². The lowest BCUT2D eigenvalue weighted by Gasteiger charge is -2.27. The maximum absolute atomic E-state index is 12.3. The summed E-state index contributed by atoms with van der Waals surface area (Å²) in [5.41, 5.74) is -0.533. The number of amides is 1. The maximum Gasteiger partial charge on any atom is 0.307 e. The van der Waals surface area contributed by atoms with Gasteiger partial charge in [0.2, 0.25) is 5.91 Å². The number of ether oxygens (including phenoxy) is 1. The lowest BCUT2D eigenvalue weighted by atomic mass is 9.85. The molecule has 1 aliphatic carbocycles. The van der Waals surface area contributed by atoms with Crippen LogP contribution in [0.4, 0.5) is 0 Å². The fourth-order valence-corrected chi connectivity index (χ4v) is 3.22. The van der Waals surface area contributed by atoms with Gasteiger partial charge in [-0.1, -0.05) is 5.21 Å². The number of carbonyl (C=O) groups excluding carboxylic acids is 2. The fraction of sp³-hybridized carbons (Fsp3) is 0.692. The lowest BCUT2D eigenvalue weighted by molar-refractivity contribution is -0.149. The van der Waals surface area contributed by atoms with Gasteiger partial charge in [-0.3, -0.25) is 14.3 Å². The zero-order chi connectivity index (χ0) is 14.0. The first kappa shape index (κ1) is 13.1. The number of nitrogens with zero attached hydrogens (tertiary/aromatic N) is 3. The zero-order valence-corrected chi connectivity index (χ0v) is 11.2. The first-order valence-corrected chi connectivity index (χ1v) is 7.03.